The van der Waals surface area contributed by atoms with E-state index in [2.05, 4.69) is 162 Å². The monoisotopic (exact) mass is 720 g/mol. The molecule has 0 fully saturated rings. The lowest BCUT2D eigenvalue weighted by atomic mass is 9.96. The summed E-state index contributed by atoms with van der Waals surface area (Å²) in [6.07, 6.45) is -0.312. The zero-order valence-electron chi connectivity index (χ0n) is 30.5. The number of rotatable bonds is 8. The highest BCUT2D eigenvalue weighted by Gasteiger charge is 2.25. The molecule has 0 radical (unpaired) electrons. The molecule has 1 unspecified atom stereocenters. The highest BCUT2D eigenvalue weighted by Crippen LogP contribution is 2.41. The average molecular weight is 721 g/mol. The Kier molecular flexibility index (Phi) is 8.50. The molecule has 266 valence electrons. The van der Waals surface area contributed by atoms with Crippen molar-refractivity contribution in [2.24, 2.45) is 9.98 Å². The lowest BCUT2D eigenvalue weighted by molar-refractivity contribution is 0.663. The van der Waals surface area contributed by atoms with Crippen LogP contribution in [0.5, 0.6) is 0 Å². The first-order valence-electron chi connectivity index (χ1n) is 18.9. The molecule has 5 heteroatoms. The van der Waals surface area contributed by atoms with Crippen LogP contribution in [0.4, 0.5) is 17.1 Å². The van der Waals surface area contributed by atoms with E-state index >= 15 is 0 Å². The third-order valence-electron chi connectivity index (χ3n) is 10.4. The largest absolute Gasteiger partial charge is 0.455 e. The number of nitrogens with one attached hydrogen (secondary N) is 1. The lowest BCUT2D eigenvalue weighted by Gasteiger charge is -2.26. The van der Waals surface area contributed by atoms with E-state index in [4.69, 9.17) is 14.4 Å². The second kappa shape index (κ2) is 14.4. The van der Waals surface area contributed by atoms with Crippen molar-refractivity contribution in [2.45, 2.75) is 6.17 Å². The Hall–Kier alpha value is -7.50. The minimum absolute atomic E-state index is 0.312. The highest BCUT2D eigenvalue weighted by atomic mass is 16.3. The predicted molar refractivity (Wildman–Crippen MR) is 231 cm³/mol. The first kappa shape index (κ1) is 33.1. The summed E-state index contributed by atoms with van der Waals surface area (Å²) in [5, 5.41) is 5.66. The quantitative estimate of drug-likeness (QED) is 0.170. The van der Waals surface area contributed by atoms with E-state index in [1.54, 1.807) is 0 Å². The lowest BCUT2D eigenvalue weighted by Crippen LogP contribution is -2.33. The number of anilines is 3. The van der Waals surface area contributed by atoms with Gasteiger partial charge in [-0.2, -0.15) is 0 Å². The molecular formula is C51H36N4O. The standard InChI is InChI=1S/C51H36N4O/c1-5-15-35(16-6-1)36-25-29-41(30-26-36)55(40-21-11-4-12-22-40)42-31-27-37(28-32-42)43-33-34-45(48-47(43)44-23-13-14-24-46(44)56-48)51-53-49(38-17-7-2-8-18-38)52-50(54-51)39-19-9-3-10-20-39/h1-34,49H,(H,52,53,54). The SMILES string of the molecule is c1ccc(C2=NC(c3ccc(-c4ccc(N(c5ccccc5)c5ccc(-c6ccccc6)cc5)cc4)c4c3oc3ccccc34)=NC(c3ccccc3)N2)cc1. The second-order valence-corrected chi connectivity index (χ2v) is 13.8. The molecule has 2 heterocycles. The number of nitrogens with zero attached hydrogens (tertiary/aromatic N) is 3. The zero-order valence-corrected chi connectivity index (χ0v) is 30.5. The van der Waals surface area contributed by atoms with E-state index in [1.165, 1.54) is 11.1 Å². The maximum Gasteiger partial charge on any atom is 0.163 e. The number of fused-ring (bicyclic) bond motifs is 3. The molecule has 1 atom stereocenters. The summed E-state index contributed by atoms with van der Waals surface area (Å²) in [6.45, 7) is 0. The number of furan rings is 1. The summed E-state index contributed by atoms with van der Waals surface area (Å²) >= 11 is 0. The summed E-state index contributed by atoms with van der Waals surface area (Å²) < 4.78 is 6.72. The Bertz CT molecular complexity index is 2850. The number of hydrogen-bond donors (Lipinski definition) is 1. The molecule has 0 spiro atoms. The predicted octanol–water partition coefficient (Wildman–Crippen LogP) is 12.9. The van der Waals surface area contributed by atoms with Crippen molar-refractivity contribution < 1.29 is 4.42 Å². The van der Waals surface area contributed by atoms with Crippen molar-refractivity contribution in [2.75, 3.05) is 4.90 Å². The normalized spacial score (nSPS) is 13.9. The van der Waals surface area contributed by atoms with Crippen molar-refractivity contribution in [1.29, 1.82) is 0 Å². The first-order valence-corrected chi connectivity index (χ1v) is 18.9. The summed E-state index contributed by atoms with van der Waals surface area (Å²) in [7, 11) is 0. The maximum absolute atomic E-state index is 6.72. The smallest absolute Gasteiger partial charge is 0.163 e. The third-order valence-corrected chi connectivity index (χ3v) is 10.4. The number of benzene rings is 8. The third kappa shape index (κ3) is 6.21. The summed E-state index contributed by atoms with van der Waals surface area (Å²) in [4.78, 5) is 12.6. The number of hydrogen-bond acceptors (Lipinski definition) is 5. The Labute approximate surface area is 325 Å². The Balaban J connectivity index is 1.07. The average Bonchev–Trinajstić information content (AvgIpc) is 3.68. The van der Waals surface area contributed by atoms with Crippen molar-refractivity contribution in [3.8, 4) is 22.3 Å². The molecule has 1 aliphatic heterocycles. The van der Waals surface area contributed by atoms with Gasteiger partial charge in [0.15, 0.2) is 5.84 Å². The van der Waals surface area contributed by atoms with E-state index in [0.29, 0.717) is 5.84 Å². The molecule has 5 nitrogen and oxygen atoms in total. The van der Waals surface area contributed by atoms with Crippen LogP contribution in [-0.4, -0.2) is 11.7 Å². The maximum atomic E-state index is 6.72. The summed E-state index contributed by atoms with van der Waals surface area (Å²) in [5.41, 5.74) is 12.3. The fraction of sp³-hybridized carbons (Fsp3) is 0.0196. The summed E-state index contributed by atoms with van der Waals surface area (Å²) in [6, 6.07) is 71.6. The van der Waals surface area contributed by atoms with Crippen LogP contribution in [0.15, 0.2) is 221 Å². The van der Waals surface area contributed by atoms with Gasteiger partial charge in [0.05, 0.1) is 5.56 Å². The number of amidine groups is 2. The second-order valence-electron chi connectivity index (χ2n) is 13.8. The number of aliphatic imine (C=N–C) groups is 2. The minimum atomic E-state index is -0.312. The van der Waals surface area contributed by atoms with Gasteiger partial charge in [0.1, 0.15) is 23.2 Å². The molecule has 56 heavy (non-hydrogen) atoms. The Morgan fingerprint density at radius 3 is 1.64 bits per heavy atom. The van der Waals surface area contributed by atoms with Gasteiger partial charge in [-0.15, -0.1) is 0 Å². The molecule has 1 N–H and O–H groups in total. The van der Waals surface area contributed by atoms with Crippen LogP contribution in [0.1, 0.15) is 22.9 Å². The van der Waals surface area contributed by atoms with E-state index < -0.39 is 0 Å². The van der Waals surface area contributed by atoms with Gasteiger partial charge in [0.25, 0.3) is 0 Å². The van der Waals surface area contributed by atoms with Gasteiger partial charge >= 0.3 is 0 Å². The first-order chi connectivity index (χ1) is 27.8. The van der Waals surface area contributed by atoms with Crippen molar-refractivity contribution in [3.05, 3.63) is 223 Å². The Morgan fingerprint density at radius 1 is 0.446 bits per heavy atom. The molecule has 10 rings (SSSR count). The van der Waals surface area contributed by atoms with E-state index in [-0.39, 0.29) is 6.17 Å². The van der Waals surface area contributed by atoms with E-state index in [1.807, 2.05) is 54.6 Å². The molecule has 0 bridgehead atoms. The topological polar surface area (TPSA) is 53.1 Å². The van der Waals surface area contributed by atoms with Gasteiger partial charge < -0.3 is 14.6 Å². The van der Waals surface area contributed by atoms with E-state index in [9.17, 15) is 0 Å². The minimum Gasteiger partial charge on any atom is -0.455 e. The van der Waals surface area contributed by atoms with Crippen molar-refractivity contribution in [3.63, 3.8) is 0 Å². The fourth-order valence-corrected chi connectivity index (χ4v) is 7.61. The Morgan fingerprint density at radius 2 is 0.964 bits per heavy atom. The van der Waals surface area contributed by atoms with Crippen LogP contribution < -0.4 is 10.2 Å². The van der Waals surface area contributed by atoms with Crippen LogP contribution >= 0.6 is 0 Å². The van der Waals surface area contributed by atoms with Crippen molar-refractivity contribution >= 4 is 50.7 Å². The van der Waals surface area contributed by atoms with Gasteiger partial charge in [0, 0.05) is 33.4 Å². The molecular weight excluding hydrogens is 685 g/mol. The van der Waals surface area contributed by atoms with Crippen LogP contribution in [-0.2, 0) is 0 Å². The summed E-state index contributed by atoms with van der Waals surface area (Å²) in [5.74, 6) is 1.39. The molecule has 9 aromatic rings. The molecule has 0 saturated carbocycles. The van der Waals surface area contributed by atoms with Gasteiger partial charge in [-0.1, -0.05) is 158 Å². The molecule has 1 aromatic heterocycles. The number of para-hydroxylation sites is 2. The molecule has 1 aliphatic rings. The molecule has 8 aromatic carbocycles. The van der Waals surface area contributed by atoms with Gasteiger partial charge in [-0.3, -0.25) is 0 Å². The zero-order chi connectivity index (χ0) is 37.3. The van der Waals surface area contributed by atoms with Crippen LogP contribution in [0, 0.1) is 0 Å². The molecule has 0 amide bonds. The van der Waals surface area contributed by atoms with Crippen LogP contribution in [0.3, 0.4) is 0 Å². The van der Waals surface area contributed by atoms with Crippen LogP contribution in [0.2, 0.25) is 0 Å². The molecule has 0 saturated heterocycles. The fourth-order valence-electron chi connectivity index (χ4n) is 7.61. The highest BCUT2D eigenvalue weighted by molar-refractivity contribution is 6.22. The van der Waals surface area contributed by atoms with Gasteiger partial charge in [-0.25, -0.2) is 9.98 Å². The van der Waals surface area contributed by atoms with Gasteiger partial charge in [-0.05, 0) is 76.3 Å². The van der Waals surface area contributed by atoms with E-state index in [0.717, 1.165) is 72.7 Å². The van der Waals surface area contributed by atoms with Gasteiger partial charge in [0.2, 0.25) is 0 Å². The van der Waals surface area contributed by atoms with Crippen LogP contribution in [0.25, 0.3) is 44.2 Å². The molecule has 0 aliphatic carbocycles. The van der Waals surface area contributed by atoms with Crippen molar-refractivity contribution in [1.82, 2.24) is 5.32 Å².